The number of anilines is 1. The maximum atomic E-state index is 3.63. The summed E-state index contributed by atoms with van der Waals surface area (Å²) in [5.41, 5.74) is 1.29. The Labute approximate surface area is 115 Å². The Morgan fingerprint density at radius 3 is 3.00 bits per heavy atom. The lowest BCUT2D eigenvalue weighted by Gasteiger charge is -2.22. The second-order valence-electron chi connectivity index (χ2n) is 4.45. The molecule has 3 rings (SSSR count). The van der Waals surface area contributed by atoms with Crippen LogP contribution in [-0.4, -0.2) is 6.04 Å². The van der Waals surface area contributed by atoms with E-state index in [1.807, 2.05) is 10.8 Å². The van der Waals surface area contributed by atoms with Crippen molar-refractivity contribution in [3.05, 3.63) is 18.2 Å². The van der Waals surface area contributed by atoms with Gasteiger partial charge in [-0.3, -0.25) is 4.72 Å². The topological polar surface area (TPSA) is 24.1 Å². The van der Waals surface area contributed by atoms with E-state index in [-0.39, 0.29) is 0 Å². The Kier molecular flexibility index (Phi) is 4.11. The molecule has 0 unspecified atom stereocenters. The lowest BCUT2D eigenvalue weighted by Crippen LogP contribution is -2.25. The van der Waals surface area contributed by atoms with Crippen molar-refractivity contribution < 1.29 is 0 Å². The molecule has 0 atom stereocenters. The summed E-state index contributed by atoms with van der Waals surface area (Å²) < 4.78 is 7.00. The fraction of sp³-hybridized carbons (Fsp3) is 0.500. The number of para-hydroxylation sites is 1. The summed E-state index contributed by atoms with van der Waals surface area (Å²) in [7, 11) is 3.51. The van der Waals surface area contributed by atoms with E-state index in [0.29, 0.717) is 6.04 Å². The van der Waals surface area contributed by atoms with Crippen LogP contribution < -0.4 is 9.44 Å². The zero-order valence-electron chi connectivity index (χ0n) is 9.57. The van der Waals surface area contributed by atoms with Gasteiger partial charge < -0.3 is 4.72 Å². The lowest BCUT2D eigenvalue weighted by molar-refractivity contribution is 0.423. The summed E-state index contributed by atoms with van der Waals surface area (Å²) in [4.78, 5) is 2.68. The molecule has 0 bridgehead atoms. The van der Waals surface area contributed by atoms with Crippen LogP contribution in [0.2, 0.25) is 0 Å². The van der Waals surface area contributed by atoms with Gasteiger partial charge in [0.05, 0.1) is 5.69 Å². The molecule has 1 aliphatic carbocycles. The van der Waals surface area contributed by atoms with Crippen LogP contribution in [0.4, 0.5) is 5.69 Å². The van der Waals surface area contributed by atoms with Crippen molar-refractivity contribution in [1.29, 1.82) is 0 Å². The van der Waals surface area contributed by atoms with E-state index in [1.165, 1.54) is 47.6 Å². The van der Waals surface area contributed by atoms with Gasteiger partial charge in [-0.1, -0.05) is 25.3 Å². The fourth-order valence-electron chi connectivity index (χ4n) is 2.24. The van der Waals surface area contributed by atoms with E-state index >= 15 is 0 Å². The van der Waals surface area contributed by atoms with Crippen molar-refractivity contribution in [2.24, 2.45) is 0 Å². The van der Waals surface area contributed by atoms with Crippen LogP contribution in [0.1, 0.15) is 32.1 Å². The second-order valence-corrected chi connectivity index (χ2v) is 7.31. The van der Waals surface area contributed by atoms with Crippen LogP contribution in [0.15, 0.2) is 28.0 Å². The first-order chi connectivity index (χ1) is 8.43. The van der Waals surface area contributed by atoms with E-state index in [2.05, 4.69) is 27.6 Å². The van der Waals surface area contributed by atoms with Gasteiger partial charge in [-0.25, -0.2) is 0 Å². The molecular weight excluding hydrogens is 268 g/mol. The van der Waals surface area contributed by atoms with Crippen molar-refractivity contribution in [3.63, 3.8) is 0 Å². The molecule has 0 saturated heterocycles. The second kappa shape index (κ2) is 5.78. The fourth-order valence-corrected chi connectivity index (χ4v) is 5.25. The number of hydrogen-bond acceptors (Lipinski definition) is 5. The predicted octanol–water partition coefficient (Wildman–Crippen LogP) is 4.70. The lowest BCUT2D eigenvalue weighted by atomic mass is 9.96. The third kappa shape index (κ3) is 2.89. The highest BCUT2D eigenvalue weighted by molar-refractivity contribution is 8.77. The van der Waals surface area contributed by atoms with Crippen molar-refractivity contribution in [3.8, 4) is 0 Å². The Morgan fingerprint density at radius 2 is 2.12 bits per heavy atom. The number of benzene rings is 1. The van der Waals surface area contributed by atoms with Crippen LogP contribution >= 0.6 is 33.7 Å². The zero-order chi connectivity index (χ0) is 11.5. The van der Waals surface area contributed by atoms with E-state index in [0.717, 1.165) is 0 Å². The molecule has 17 heavy (non-hydrogen) atoms. The molecule has 1 aliphatic heterocycles. The third-order valence-electron chi connectivity index (χ3n) is 3.20. The molecule has 1 aromatic rings. The first-order valence-electron chi connectivity index (χ1n) is 6.08. The maximum absolute atomic E-state index is 3.63. The normalized spacial score (nSPS) is 20.0. The van der Waals surface area contributed by atoms with Gasteiger partial charge in [0, 0.05) is 26.8 Å². The van der Waals surface area contributed by atoms with Crippen molar-refractivity contribution in [2.45, 2.75) is 47.9 Å². The molecule has 1 heterocycles. The average Bonchev–Trinajstić information content (AvgIpc) is 2.86. The van der Waals surface area contributed by atoms with Gasteiger partial charge >= 0.3 is 0 Å². The van der Waals surface area contributed by atoms with Gasteiger partial charge in [-0.15, -0.1) is 0 Å². The van der Waals surface area contributed by atoms with Crippen molar-refractivity contribution >= 4 is 39.4 Å². The van der Waals surface area contributed by atoms with Gasteiger partial charge in [0.15, 0.2) is 0 Å². The first-order valence-corrected chi connectivity index (χ1v) is 9.05. The van der Waals surface area contributed by atoms with Gasteiger partial charge in [-0.2, -0.15) is 0 Å². The van der Waals surface area contributed by atoms with Crippen molar-refractivity contribution in [1.82, 2.24) is 4.72 Å². The SMILES string of the molecule is c1cc(SNC2CCCCC2)c2c(c1)SSN2. The molecule has 0 aromatic heterocycles. The molecule has 1 fully saturated rings. The van der Waals surface area contributed by atoms with Gasteiger partial charge in [-0.05, 0) is 47.7 Å². The smallest absolute Gasteiger partial charge is 0.0744 e. The summed E-state index contributed by atoms with van der Waals surface area (Å²) >= 11 is 1.79. The summed E-state index contributed by atoms with van der Waals surface area (Å²) in [5, 5.41) is 0. The van der Waals surface area contributed by atoms with E-state index in [1.54, 1.807) is 22.9 Å². The first kappa shape index (κ1) is 12.1. The standard InChI is InChI=1S/C12H16N2S3/c1-2-5-9(6-3-1)13-15-10-7-4-8-11-12(10)14-17-16-11/h4,7-9,13-14H,1-3,5-6H2. The summed E-state index contributed by atoms with van der Waals surface area (Å²) in [6.45, 7) is 0. The molecule has 1 aromatic carbocycles. The number of hydrogen-bond donors (Lipinski definition) is 2. The minimum atomic E-state index is 0.700. The van der Waals surface area contributed by atoms with Gasteiger partial charge in [0.1, 0.15) is 0 Å². The molecule has 2 nitrogen and oxygen atoms in total. The molecule has 92 valence electrons. The van der Waals surface area contributed by atoms with Crippen LogP contribution in [0, 0.1) is 0 Å². The minimum absolute atomic E-state index is 0.700. The Bertz CT molecular complexity index is 391. The van der Waals surface area contributed by atoms with Crippen LogP contribution in [0.5, 0.6) is 0 Å². The van der Waals surface area contributed by atoms with E-state index in [4.69, 9.17) is 0 Å². The highest BCUT2D eigenvalue weighted by atomic mass is 33.1. The van der Waals surface area contributed by atoms with Gasteiger partial charge in [0.2, 0.25) is 0 Å². The van der Waals surface area contributed by atoms with Crippen LogP contribution in [0.3, 0.4) is 0 Å². The summed E-state index contributed by atoms with van der Waals surface area (Å²) in [6.07, 6.45) is 6.85. The van der Waals surface area contributed by atoms with Crippen LogP contribution in [-0.2, 0) is 0 Å². The van der Waals surface area contributed by atoms with Crippen molar-refractivity contribution in [2.75, 3.05) is 4.72 Å². The highest BCUT2D eigenvalue weighted by Crippen LogP contribution is 2.48. The molecule has 0 amide bonds. The van der Waals surface area contributed by atoms with Gasteiger partial charge in [0.25, 0.3) is 0 Å². The third-order valence-corrected chi connectivity index (χ3v) is 6.14. The highest BCUT2D eigenvalue weighted by Gasteiger charge is 2.18. The largest absolute Gasteiger partial charge is 0.318 e. The number of nitrogens with one attached hydrogen (secondary N) is 2. The average molecular weight is 284 g/mol. The quantitative estimate of drug-likeness (QED) is 0.619. The monoisotopic (exact) mass is 284 g/mol. The Morgan fingerprint density at radius 1 is 1.24 bits per heavy atom. The minimum Gasteiger partial charge on any atom is -0.318 e. The maximum Gasteiger partial charge on any atom is 0.0744 e. The predicted molar refractivity (Wildman–Crippen MR) is 79.4 cm³/mol. The molecule has 0 spiro atoms. The summed E-state index contributed by atoms with van der Waals surface area (Å²) in [6, 6.07) is 7.21. The Hall–Kier alpha value is 0.0300. The number of fused-ring (bicyclic) bond motifs is 1. The molecule has 2 aliphatic rings. The van der Waals surface area contributed by atoms with Crippen LogP contribution in [0.25, 0.3) is 0 Å². The molecular formula is C12H16N2S3. The Balaban J connectivity index is 1.63. The zero-order valence-corrected chi connectivity index (χ0v) is 12.0. The molecule has 2 N–H and O–H groups in total. The van der Waals surface area contributed by atoms with E-state index in [9.17, 15) is 0 Å². The molecule has 0 radical (unpaired) electrons. The molecule has 5 heteroatoms. The molecule has 1 saturated carbocycles. The van der Waals surface area contributed by atoms with E-state index < -0.39 is 0 Å². The number of rotatable bonds is 3. The summed E-state index contributed by atoms with van der Waals surface area (Å²) in [5.74, 6) is 0.